The topological polar surface area (TPSA) is 82.1 Å². The van der Waals surface area contributed by atoms with E-state index in [4.69, 9.17) is 25.8 Å². The van der Waals surface area contributed by atoms with Gasteiger partial charge in [-0.2, -0.15) is 0 Å². The number of benzene rings is 1. The lowest BCUT2D eigenvalue weighted by molar-refractivity contribution is -0.147. The molecule has 0 radical (unpaired) electrons. The molecule has 24 heavy (non-hydrogen) atoms. The van der Waals surface area contributed by atoms with Crippen molar-refractivity contribution in [2.45, 2.75) is 20.8 Å². The van der Waals surface area contributed by atoms with Crippen LogP contribution in [0.2, 0.25) is 5.02 Å². The highest BCUT2D eigenvalue weighted by atomic mass is 35.5. The van der Waals surface area contributed by atoms with Crippen molar-refractivity contribution >= 4 is 29.6 Å². The van der Waals surface area contributed by atoms with E-state index in [0.29, 0.717) is 10.6 Å². The predicted octanol–water partition coefficient (Wildman–Crippen LogP) is 2.58. The summed E-state index contributed by atoms with van der Waals surface area (Å²) in [6.07, 6.45) is -0.860. The molecule has 1 amide bonds. The van der Waals surface area contributed by atoms with Gasteiger partial charge in [0, 0.05) is 5.02 Å². The van der Waals surface area contributed by atoms with Crippen LogP contribution >= 0.6 is 11.6 Å². The summed E-state index contributed by atoms with van der Waals surface area (Å²) in [7, 11) is 0. The van der Waals surface area contributed by atoms with Gasteiger partial charge in [0.05, 0.1) is 13.2 Å². The van der Waals surface area contributed by atoms with Crippen LogP contribution in [0.4, 0.5) is 4.79 Å². The van der Waals surface area contributed by atoms with Crippen molar-refractivity contribution in [3.05, 3.63) is 28.8 Å². The number of rotatable bonds is 7. The first-order valence-electron chi connectivity index (χ1n) is 7.41. The van der Waals surface area contributed by atoms with E-state index in [2.05, 4.69) is 0 Å². The summed E-state index contributed by atoms with van der Waals surface area (Å²) in [6, 6.07) is 4.73. The Morgan fingerprint density at radius 3 is 2.04 bits per heavy atom. The Hall–Kier alpha value is -2.28. The molecular formula is C16H20ClNO6. The zero-order chi connectivity index (χ0) is 18.1. The minimum atomic E-state index is -0.860. The molecule has 0 saturated heterocycles. The van der Waals surface area contributed by atoms with Crippen LogP contribution in [0.15, 0.2) is 18.2 Å². The zero-order valence-electron chi connectivity index (χ0n) is 13.8. The van der Waals surface area contributed by atoms with Crippen molar-refractivity contribution in [2.24, 2.45) is 0 Å². The minimum absolute atomic E-state index is 0.164. The van der Waals surface area contributed by atoms with Gasteiger partial charge >= 0.3 is 18.0 Å². The molecule has 132 valence electrons. The van der Waals surface area contributed by atoms with E-state index in [1.54, 1.807) is 32.9 Å². The van der Waals surface area contributed by atoms with Gasteiger partial charge in [0.1, 0.15) is 18.8 Å². The third kappa shape index (κ3) is 6.45. The average molecular weight is 358 g/mol. The summed E-state index contributed by atoms with van der Waals surface area (Å²) in [6.45, 7) is 4.49. The summed E-state index contributed by atoms with van der Waals surface area (Å²) in [4.78, 5) is 36.4. The molecule has 0 spiro atoms. The molecule has 0 saturated carbocycles. The molecule has 1 aromatic rings. The molecule has 8 heteroatoms. The number of carbonyl (C=O) groups excluding carboxylic acids is 3. The van der Waals surface area contributed by atoms with E-state index < -0.39 is 31.1 Å². The third-order valence-electron chi connectivity index (χ3n) is 2.84. The van der Waals surface area contributed by atoms with Gasteiger partial charge in [-0.1, -0.05) is 11.6 Å². The van der Waals surface area contributed by atoms with E-state index in [9.17, 15) is 14.4 Å². The Balaban J connectivity index is 2.84. The number of carbonyl (C=O) groups is 3. The summed E-state index contributed by atoms with van der Waals surface area (Å²) in [5, 5.41) is 0.502. The zero-order valence-corrected chi connectivity index (χ0v) is 14.6. The Morgan fingerprint density at radius 1 is 1.04 bits per heavy atom. The van der Waals surface area contributed by atoms with Crippen LogP contribution in [-0.2, 0) is 19.1 Å². The first kappa shape index (κ1) is 19.8. The average Bonchev–Trinajstić information content (AvgIpc) is 2.49. The van der Waals surface area contributed by atoms with Crippen LogP contribution in [0.5, 0.6) is 5.75 Å². The fourth-order valence-corrected chi connectivity index (χ4v) is 2.02. The van der Waals surface area contributed by atoms with Gasteiger partial charge in [0.25, 0.3) is 0 Å². The van der Waals surface area contributed by atoms with Crippen LogP contribution in [0, 0.1) is 6.92 Å². The fourth-order valence-electron chi connectivity index (χ4n) is 1.80. The molecule has 0 fully saturated rings. The first-order chi connectivity index (χ1) is 11.4. The van der Waals surface area contributed by atoms with Gasteiger partial charge in [-0.15, -0.1) is 0 Å². The smallest absolute Gasteiger partial charge is 0.416 e. The standard InChI is InChI=1S/C16H20ClNO6/c1-4-22-14(19)9-18(10-15(20)23-5-2)16(21)24-13-7-6-12(17)8-11(13)3/h6-8H,4-5,9-10H2,1-3H3. The van der Waals surface area contributed by atoms with Crippen LogP contribution in [0.25, 0.3) is 0 Å². The number of aryl methyl sites for hydroxylation is 1. The predicted molar refractivity (Wildman–Crippen MR) is 87.1 cm³/mol. The normalized spacial score (nSPS) is 10.0. The van der Waals surface area contributed by atoms with Gasteiger partial charge in [-0.3, -0.25) is 14.5 Å². The van der Waals surface area contributed by atoms with Crippen molar-refractivity contribution < 1.29 is 28.6 Å². The van der Waals surface area contributed by atoms with Gasteiger partial charge < -0.3 is 14.2 Å². The summed E-state index contributed by atoms with van der Waals surface area (Å²) in [5.74, 6) is -1.01. The molecule has 1 rings (SSSR count). The molecule has 7 nitrogen and oxygen atoms in total. The summed E-state index contributed by atoms with van der Waals surface area (Å²) in [5.41, 5.74) is 0.642. The molecule has 0 aliphatic rings. The number of hydrogen-bond donors (Lipinski definition) is 0. The number of nitrogens with zero attached hydrogens (tertiary/aromatic N) is 1. The molecule has 0 bridgehead atoms. The van der Waals surface area contributed by atoms with Crippen molar-refractivity contribution in [2.75, 3.05) is 26.3 Å². The van der Waals surface area contributed by atoms with E-state index in [1.165, 1.54) is 6.07 Å². The lowest BCUT2D eigenvalue weighted by Gasteiger charge is -2.20. The Bertz CT molecular complexity index is 584. The fraction of sp³-hybridized carbons (Fsp3) is 0.438. The molecule has 0 N–H and O–H groups in total. The molecule has 0 heterocycles. The second-order valence-corrected chi connectivity index (χ2v) is 5.18. The van der Waals surface area contributed by atoms with Crippen LogP contribution in [0.3, 0.4) is 0 Å². The van der Waals surface area contributed by atoms with Crippen LogP contribution in [-0.4, -0.2) is 49.2 Å². The largest absolute Gasteiger partial charge is 0.465 e. The molecular weight excluding hydrogens is 338 g/mol. The molecule has 0 aromatic heterocycles. The van der Waals surface area contributed by atoms with Crippen molar-refractivity contribution in [1.82, 2.24) is 4.90 Å². The van der Waals surface area contributed by atoms with Crippen molar-refractivity contribution in [1.29, 1.82) is 0 Å². The number of ether oxygens (including phenoxy) is 3. The van der Waals surface area contributed by atoms with Gasteiger partial charge in [-0.05, 0) is 44.5 Å². The van der Waals surface area contributed by atoms with Crippen molar-refractivity contribution in [3.8, 4) is 5.75 Å². The van der Waals surface area contributed by atoms with Crippen LogP contribution in [0.1, 0.15) is 19.4 Å². The number of esters is 2. The Morgan fingerprint density at radius 2 is 1.58 bits per heavy atom. The van der Waals surface area contributed by atoms with E-state index >= 15 is 0 Å². The summed E-state index contributed by atoms with van der Waals surface area (Å²) >= 11 is 5.85. The quantitative estimate of drug-likeness (QED) is 0.697. The highest BCUT2D eigenvalue weighted by Crippen LogP contribution is 2.22. The molecule has 0 atom stereocenters. The van der Waals surface area contributed by atoms with E-state index in [1.807, 2.05) is 0 Å². The highest BCUT2D eigenvalue weighted by molar-refractivity contribution is 6.30. The van der Waals surface area contributed by atoms with Gasteiger partial charge in [0.2, 0.25) is 0 Å². The molecule has 1 aromatic carbocycles. The first-order valence-corrected chi connectivity index (χ1v) is 7.79. The SMILES string of the molecule is CCOC(=O)CN(CC(=O)OCC)C(=O)Oc1ccc(Cl)cc1C. The summed E-state index contributed by atoms with van der Waals surface area (Å²) < 4.78 is 14.8. The molecule has 0 unspecified atom stereocenters. The second-order valence-electron chi connectivity index (χ2n) is 4.74. The van der Waals surface area contributed by atoms with Crippen molar-refractivity contribution in [3.63, 3.8) is 0 Å². The monoisotopic (exact) mass is 357 g/mol. The molecule has 0 aliphatic carbocycles. The van der Waals surface area contributed by atoms with Crippen LogP contribution < -0.4 is 4.74 Å². The second kappa shape index (κ2) is 9.77. The Kier molecular flexibility index (Phi) is 8.05. The minimum Gasteiger partial charge on any atom is -0.465 e. The number of halogens is 1. The Labute approximate surface area is 145 Å². The third-order valence-corrected chi connectivity index (χ3v) is 3.08. The number of amides is 1. The van der Waals surface area contributed by atoms with E-state index in [0.717, 1.165) is 4.90 Å². The number of hydrogen-bond acceptors (Lipinski definition) is 6. The lowest BCUT2D eigenvalue weighted by Crippen LogP contribution is -2.42. The van der Waals surface area contributed by atoms with E-state index in [-0.39, 0.29) is 19.0 Å². The van der Waals surface area contributed by atoms with Gasteiger partial charge in [0.15, 0.2) is 0 Å². The maximum absolute atomic E-state index is 12.3. The maximum Gasteiger partial charge on any atom is 0.416 e. The maximum atomic E-state index is 12.3. The molecule has 0 aliphatic heterocycles. The highest BCUT2D eigenvalue weighted by Gasteiger charge is 2.24. The lowest BCUT2D eigenvalue weighted by atomic mass is 10.2. The van der Waals surface area contributed by atoms with Gasteiger partial charge in [-0.25, -0.2) is 4.79 Å².